The summed E-state index contributed by atoms with van der Waals surface area (Å²) in [5.41, 5.74) is 0.796. The first-order valence-corrected chi connectivity index (χ1v) is 9.13. The van der Waals surface area contributed by atoms with E-state index in [0.717, 1.165) is 5.57 Å². The van der Waals surface area contributed by atoms with Crippen LogP contribution in [0.3, 0.4) is 0 Å². The molecule has 0 aliphatic carbocycles. The number of hydrogen-bond donors (Lipinski definition) is 6. The molecule has 0 saturated carbocycles. The zero-order valence-electron chi connectivity index (χ0n) is 15.6. The molecule has 0 unspecified atom stereocenters. The molecule has 0 aromatic carbocycles. The molecule has 0 spiro atoms. The molecule has 0 radical (unpaired) electrons. The molecule has 0 bridgehead atoms. The van der Waals surface area contributed by atoms with Gasteiger partial charge in [0.05, 0.1) is 13.2 Å². The van der Waals surface area contributed by atoms with Crippen molar-refractivity contribution in [2.24, 2.45) is 0 Å². The Kier molecular flexibility index (Phi) is 6.74. The van der Waals surface area contributed by atoms with Crippen LogP contribution in [0.25, 0.3) is 0 Å². The van der Waals surface area contributed by atoms with E-state index >= 15 is 0 Å². The van der Waals surface area contributed by atoms with Gasteiger partial charge in [-0.2, -0.15) is 0 Å². The van der Waals surface area contributed by atoms with Gasteiger partial charge in [-0.3, -0.25) is 0 Å². The van der Waals surface area contributed by atoms with Crippen molar-refractivity contribution < 1.29 is 54.3 Å². The molecule has 11 heteroatoms. The highest BCUT2D eigenvalue weighted by molar-refractivity contribution is 5.04. The van der Waals surface area contributed by atoms with Crippen molar-refractivity contribution in [1.82, 2.24) is 0 Å². The third-order valence-corrected chi connectivity index (χ3v) is 5.38. The summed E-state index contributed by atoms with van der Waals surface area (Å²) in [6.07, 6.45) is -9.55. The van der Waals surface area contributed by atoms with E-state index < -0.39 is 74.3 Å². The molecule has 3 aliphatic heterocycles. The molecule has 3 rings (SSSR count). The third kappa shape index (κ3) is 3.73. The zero-order valence-corrected chi connectivity index (χ0v) is 15.6. The van der Waals surface area contributed by atoms with E-state index in [-0.39, 0.29) is 6.61 Å². The Hall–Kier alpha value is -0.700. The van der Waals surface area contributed by atoms with Crippen LogP contribution in [0.2, 0.25) is 0 Å². The predicted molar refractivity (Wildman–Crippen MR) is 89.6 cm³/mol. The summed E-state index contributed by atoms with van der Waals surface area (Å²) in [5.74, 6) is -2.15. The number of ether oxygens (including phenoxy) is 5. The first kappa shape index (κ1) is 22.0. The van der Waals surface area contributed by atoms with Crippen molar-refractivity contribution in [3.63, 3.8) is 0 Å². The summed E-state index contributed by atoms with van der Waals surface area (Å²) < 4.78 is 27.6. The maximum atomic E-state index is 10.5. The summed E-state index contributed by atoms with van der Waals surface area (Å²) in [6.45, 7) is 2.14. The van der Waals surface area contributed by atoms with E-state index in [0.29, 0.717) is 0 Å². The molecule has 0 aromatic rings. The summed E-state index contributed by atoms with van der Waals surface area (Å²) in [5, 5.41) is 60.0. The van der Waals surface area contributed by atoms with Crippen LogP contribution in [0.5, 0.6) is 0 Å². The molecule has 28 heavy (non-hydrogen) atoms. The number of allylic oxidation sites excluding steroid dienone is 1. The van der Waals surface area contributed by atoms with Gasteiger partial charge in [-0.15, -0.1) is 0 Å². The molecule has 0 amide bonds. The van der Waals surface area contributed by atoms with Crippen LogP contribution in [0, 0.1) is 0 Å². The average Bonchev–Trinajstić information content (AvgIpc) is 2.96. The first-order valence-electron chi connectivity index (χ1n) is 9.13. The molecule has 11 nitrogen and oxygen atoms in total. The normalized spacial score (nSPS) is 49.9. The summed E-state index contributed by atoms with van der Waals surface area (Å²) in [4.78, 5) is 0. The van der Waals surface area contributed by atoms with E-state index in [4.69, 9.17) is 23.7 Å². The Balaban J connectivity index is 1.73. The highest BCUT2D eigenvalue weighted by atomic mass is 16.8. The van der Waals surface area contributed by atoms with Gasteiger partial charge in [-0.05, 0) is 19.4 Å². The molecular weight excluding hydrogens is 380 g/mol. The van der Waals surface area contributed by atoms with E-state index in [1.165, 1.54) is 0 Å². The topological polar surface area (TPSA) is 168 Å². The number of rotatable bonds is 5. The lowest BCUT2D eigenvalue weighted by molar-refractivity contribution is -0.402. The SMILES string of the molecule is C/C=C(/C)[C@@H]1OC[C@H]2O[C@H](O[C@]3(CO)O[C@H](CO)[C@@H](O)[C@@H]3O)[C@H](O)[C@@H](O)[C@@H]2O1. The monoisotopic (exact) mass is 408 g/mol. The minimum Gasteiger partial charge on any atom is -0.394 e. The maximum Gasteiger partial charge on any atom is 0.224 e. The van der Waals surface area contributed by atoms with Crippen molar-refractivity contribution in [3.8, 4) is 0 Å². The van der Waals surface area contributed by atoms with Gasteiger partial charge < -0.3 is 54.3 Å². The van der Waals surface area contributed by atoms with Crippen LogP contribution in [0.4, 0.5) is 0 Å². The molecule has 0 aromatic heterocycles. The first-order chi connectivity index (χ1) is 13.3. The fourth-order valence-corrected chi connectivity index (χ4v) is 3.51. The number of hydrogen-bond acceptors (Lipinski definition) is 11. The van der Waals surface area contributed by atoms with E-state index in [1.807, 2.05) is 6.92 Å². The highest BCUT2D eigenvalue weighted by Crippen LogP contribution is 2.37. The highest BCUT2D eigenvalue weighted by Gasteiger charge is 2.59. The quantitative estimate of drug-likeness (QED) is 0.256. The maximum absolute atomic E-state index is 10.5. The predicted octanol–water partition coefficient (Wildman–Crippen LogP) is -3.04. The van der Waals surface area contributed by atoms with E-state index in [9.17, 15) is 30.6 Å². The summed E-state index contributed by atoms with van der Waals surface area (Å²) in [7, 11) is 0. The van der Waals surface area contributed by atoms with Gasteiger partial charge in [-0.25, -0.2) is 0 Å². The van der Waals surface area contributed by atoms with Crippen LogP contribution in [-0.4, -0.2) is 112 Å². The minimum absolute atomic E-state index is 0.0432. The molecule has 3 saturated heterocycles. The molecular formula is C17H28O11. The molecule has 3 aliphatic rings. The van der Waals surface area contributed by atoms with Crippen LogP contribution in [0.1, 0.15) is 13.8 Å². The lowest BCUT2D eigenvalue weighted by Gasteiger charge is -2.48. The second-order valence-electron chi connectivity index (χ2n) is 7.18. The second-order valence-corrected chi connectivity index (χ2v) is 7.18. The smallest absolute Gasteiger partial charge is 0.224 e. The largest absolute Gasteiger partial charge is 0.394 e. The average molecular weight is 408 g/mol. The van der Waals surface area contributed by atoms with Crippen LogP contribution >= 0.6 is 0 Å². The van der Waals surface area contributed by atoms with Crippen molar-refractivity contribution >= 4 is 0 Å². The lowest BCUT2D eigenvalue weighted by Crippen LogP contribution is -2.65. The Bertz CT molecular complexity index is 569. The fourth-order valence-electron chi connectivity index (χ4n) is 3.51. The Morgan fingerprint density at radius 2 is 1.82 bits per heavy atom. The van der Waals surface area contributed by atoms with Gasteiger partial charge in [0.1, 0.15) is 49.3 Å². The summed E-state index contributed by atoms with van der Waals surface area (Å²) >= 11 is 0. The van der Waals surface area contributed by atoms with E-state index in [1.54, 1.807) is 13.0 Å². The van der Waals surface area contributed by atoms with Gasteiger partial charge >= 0.3 is 0 Å². The van der Waals surface area contributed by atoms with Crippen molar-refractivity contribution in [3.05, 3.63) is 11.6 Å². The second kappa shape index (κ2) is 8.58. The number of aliphatic hydroxyl groups excluding tert-OH is 6. The third-order valence-electron chi connectivity index (χ3n) is 5.38. The van der Waals surface area contributed by atoms with Crippen LogP contribution < -0.4 is 0 Å². The van der Waals surface area contributed by atoms with Crippen molar-refractivity contribution in [2.75, 3.05) is 19.8 Å². The van der Waals surface area contributed by atoms with Gasteiger partial charge in [0.25, 0.3) is 0 Å². The Morgan fingerprint density at radius 3 is 2.39 bits per heavy atom. The molecule has 6 N–H and O–H groups in total. The van der Waals surface area contributed by atoms with E-state index in [2.05, 4.69) is 0 Å². The van der Waals surface area contributed by atoms with Crippen molar-refractivity contribution in [1.29, 1.82) is 0 Å². The van der Waals surface area contributed by atoms with Gasteiger partial charge in [0, 0.05) is 0 Å². The Labute approximate surface area is 161 Å². The molecule has 3 fully saturated rings. The van der Waals surface area contributed by atoms with Crippen LogP contribution in [0.15, 0.2) is 11.6 Å². The number of fused-ring (bicyclic) bond motifs is 1. The number of aliphatic hydroxyl groups is 6. The van der Waals surface area contributed by atoms with Crippen LogP contribution in [-0.2, 0) is 23.7 Å². The lowest BCUT2D eigenvalue weighted by atomic mass is 9.97. The van der Waals surface area contributed by atoms with Crippen molar-refractivity contribution in [2.45, 2.75) is 74.9 Å². The zero-order chi connectivity index (χ0) is 20.6. The summed E-state index contributed by atoms with van der Waals surface area (Å²) in [6, 6.07) is 0. The van der Waals surface area contributed by atoms with Gasteiger partial charge in [0.15, 0.2) is 12.6 Å². The molecule has 162 valence electrons. The fraction of sp³-hybridized carbons (Fsp3) is 0.882. The van der Waals surface area contributed by atoms with Gasteiger partial charge in [-0.1, -0.05) is 6.08 Å². The Morgan fingerprint density at radius 1 is 1.11 bits per heavy atom. The van der Waals surface area contributed by atoms with Gasteiger partial charge in [0.2, 0.25) is 5.79 Å². The standard InChI is InChI=1S/C17H28O11/c1-3-7(2)15-24-5-9-13(26-15)11(21)12(22)16(25-9)28-17(6-19)14(23)10(20)8(4-18)27-17/h3,8-16,18-23H,4-6H2,1-2H3/b7-3-/t8-,9-,10-,11-,12-,13-,14+,15-,16-,17+/m1/s1. The molecule has 3 heterocycles. The minimum atomic E-state index is -2.15. The molecule has 10 atom stereocenters.